The minimum atomic E-state index is -0.394. The topological polar surface area (TPSA) is 63.7 Å². The third-order valence-electron chi connectivity index (χ3n) is 3.62. The molecule has 3 rings (SSSR count). The first-order valence-electron chi connectivity index (χ1n) is 6.71. The van der Waals surface area contributed by atoms with E-state index in [1.54, 1.807) is 36.4 Å². The minimum absolute atomic E-state index is 0.118. The molecule has 5 heteroatoms. The first-order valence-corrected chi connectivity index (χ1v) is 6.71. The molecule has 22 heavy (non-hydrogen) atoms. The molecule has 110 valence electrons. The Balaban J connectivity index is 2.11. The Morgan fingerprint density at radius 3 is 2.09 bits per heavy atom. The number of carbonyl (C=O) groups excluding carboxylic acids is 3. The Labute approximate surface area is 127 Å². The summed E-state index contributed by atoms with van der Waals surface area (Å²) in [6.07, 6.45) is 0. The van der Waals surface area contributed by atoms with Crippen LogP contribution in [0.2, 0.25) is 0 Å². The van der Waals surface area contributed by atoms with Gasteiger partial charge in [-0.05, 0) is 37.3 Å². The van der Waals surface area contributed by atoms with Gasteiger partial charge in [-0.15, -0.1) is 0 Å². The van der Waals surface area contributed by atoms with Crippen LogP contribution in [0.3, 0.4) is 0 Å². The molecule has 0 spiro atoms. The van der Waals surface area contributed by atoms with Crippen molar-refractivity contribution in [1.82, 2.24) is 0 Å². The van der Waals surface area contributed by atoms with Crippen molar-refractivity contribution in [1.29, 1.82) is 0 Å². The van der Waals surface area contributed by atoms with Gasteiger partial charge in [0.1, 0.15) is 5.75 Å². The largest absolute Gasteiger partial charge is 0.495 e. The van der Waals surface area contributed by atoms with E-state index in [1.807, 2.05) is 0 Å². The molecule has 1 aliphatic rings. The standard InChI is InChI=1S/C17H13NO4/c1-10(19)11-7-8-14(15(9-11)22-2)18-16(20)12-5-3-4-6-13(12)17(18)21/h3-9H,1-2H3. The fraction of sp³-hybridized carbons (Fsp3) is 0.118. The lowest BCUT2D eigenvalue weighted by atomic mass is 10.1. The first kappa shape index (κ1) is 14.0. The second kappa shape index (κ2) is 5.11. The molecule has 0 atom stereocenters. The molecule has 0 bridgehead atoms. The zero-order valence-corrected chi connectivity index (χ0v) is 12.1. The lowest BCUT2D eigenvalue weighted by Gasteiger charge is -2.17. The highest BCUT2D eigenvalue weighted by Gasteiger charge is 2.37. The second-order valence-corrected chi connectivity index (χ2v) is 4.93. The van der Waals surface area contributed by atoms with Crippen LogP contribution in [0.1, 0.15) is 38.0 Å². The zero-order valence-electron chi connectivity index (χ0n) is 12.1. The van der Waals surface area contributed by atoms with Gasteiger partial charge in [-0.1, -0.05) is 12.1 Å². The molecule has 0 saturated heterocycles. The third kappa shape index (κ3) is 1.98. The third-order valence-corrected chi connectivity index (χ3v) is 3.62. The summed E-state index contributed by atoms with van der Waals surface area (Å²) in [4.78, 5) is 37.5. The van der Waals surface area contributed by atoms with Gasteiger partial charge >= 0.3 is 0 Å². The normalized spacial score (nSPS) is 13.3. The number of imide groups is 1. The van der Waals surface area contributed by atoms with Crippen LogP contribution in [-0.4, -0.2) is 24.7 Å². The number of Topliss-reactive ketones (excluding diaryl/α,β-unsaturated/α-hetero) is 1. The maximum atomic E-state index is 12.5. The lowest BCUT2D eigenvalue weighted by molar-refractivity contribution is 0.0924. The first-order chi connectivity index (χ1) is 10.5. The molecule has 0 unspecified atom stereocenters. The van der Waals surface area contributed by atoms with E-state index in [-0.39, 0.29) is 5.78 Å². The SMILES string of the molecule is COc1cc(C(C)=O)ccc1N1C(=O)c2ccccc2C1=O. The molecule has 0 aromatic heterocycles. The Morgan fingerprint density at radius 1 is 1.00 bits per heavy atom. The highest BCUT2D eigenvalue weighted by Crippen LogP contribution is 2.35. The molecule has 2 aromatic rings. The van der Waals surface area contributed by atoms with Gasteiger partial charge < -0.3 is 4.74 Å². The summed E-state index contributed by atoms with van der Waals surface area (Å²) < 4.78 is 5.25. The van der Waals surface area contributed by atoms with Crippen LogP contribution in [-0.2, 0) is 0 Å². The fourth-order valence-electron chi connectivity index (χ4n) is 2.49. The molecular formula is C17H13NO4. The van der Waals surface area contributed by atoms with Crippen LogP contribution in [0.5, 0.6) is 5.75 Å². The minimum Gasteiger partial charge on any atom is -0.495 e. The number of hydrogen-bond donors (Lipinski definition) is 0. The number of anilines is 1. The maximum Gasteiger partial charge on any atom is 0.266 e. The van der Waals surface area contributed by atoms with E-state index < -0.39 is 11.8 Å². The number of benzene rings is 2. The van der Waals surface area contributed by atoms with Crippen molar-refractivity contribution in [3.63, 3.8) is 0 Å². The number of hydrogen-bond acceptors (Lipinski definition) is 4. The van der Waals surface area contributed by atoms with E-state index in [4.69, 9.17) is 4.74 Å². The number of carbonyl (C=O) groups is 3. The van der Waals surface area contributed by atoms with Gasteiger partial charge in [0.2, 0.25) is 0 Å². The van der Waals surface area contributed by atoms with Gasteiger partial charge in [-0.25, -0.2) is 4.90 Å². The summed E-state index contributed by atoms with van der Waals surface area (Å²) in [5, 5.41) is 0. The van der Waals surface area contributed by atoms with Gasteiger partial charge in [-0.3, -0.25) is 14.4 Å². The monoisotopic (exact) mass is 295 g/mol. The van der Waals surface area contributed by atoms with Crippen LogP contribution in [0.4, 0.5) is 5.69 Å². The van der Waals surface area contributed by atoms with E-state index in [0.717, 1.165) is 4.90 Å². The second-order valence-electron chi connectivity index (χ2n) is 4.93. The number of ether oxygens (including phenoxy) is 1. The summed E-state index contributed by atoms with van der Waals surface area (Å²) in [6, 6.07) is 11.3. The summed E-state index contributed by atoms with van der Waals surface area (Å²) in [6.45, 7) is 1.44. The molecule has 0 aliphatic carbocycles. The zero-order chi connectivity index (χ0) is 15.9. The average Bonchev–Trinajstić information content (AvgIpc) is 2.78. The molecule has 0 fully saturated rings. The number of methoxy groups -OCH3 is 1. The molecule has 2 aromatic carbocycles. The van der Waals surface area contributed by atoms with E-state index in [2.05, 4.69) is 0 Å². The van der Waals surface area contributed by atoms with Crippen molar-refractivity contribution >= 4 is 23.3 Å². The highest BCUT2D eigenvalue weighted by atomic mass is 16.5. The van der Waals surface area contributed by atoms with Crippen LogP contribution >= 0.6 is 0 Å². The van der Waals surface area contributed by atoms with Gasteiger partial charge in [-0.2, -0.15) is 0 Å². The maximum absolute atomic E-state index is 12.5. The van der Waals surface area contributed by atoms with Crippen molar-refractivity contribution in [3.05, 3.63) is 59.2 Å². The molecule has 0 N–H and O–H groups in total. The molecule has 1 aliphatic heterocycles. The van der Waals surface area contributed by atoms with Crippen LogP contribution in [0.25, 0.3) is 0 Å². The van der Waals surface area contributed by atoms with Crippen LogP contribution in [0.15, 0.2) is 42.5 Å². The Morgan fingerprint density at radius 2 is 1.59 bits per heavy atom. The Hall–Kier alpha value is -2.95. The molecule has 2 amide bonds. The van der Waals surface area contributed by atoms with E-state index in [0.29, 0.717) is 28.1 Å². The predicted molar refractivity (Wildman–Crippen MR) is 80.6 cm³/mol. The smallest absolute Gasteiger partial charge is 0.266 e. The van der Waals surface area contributed by atoms with Crippen molar-refractivity contribution in [2.45, 2.75) is 6.92 Å². The number of ketones is 1. The van der Waals surface area contributed by atoms with E-state index in [9.17, 15) is 14.4 Å². The summed E-state index contributed by atoms with van der Waals surface area (Å²) >= 11 is 0. The van der Waals surface area contributed by atoms with Crippen LogP contribution in [0, 0.1) is 0 Å². The van der Waals surface area contributed by atoms with Gasteiger partial charge in [0.25, 0.3) is 11.8 Å². The number of fused-ring (bicyclic) bond motifs is 1. The van der Waals surface area contributed by atoms with Gasteiger partial charge in [0.15, 0.2) is 5.78 Å². The number of nitrogens with zero attached hydrogens (tertiary/aromatic N) is 1. The van der Waals surface area contributed by atoms with Crippen molar-refractivity contribution in [2.75, 3.05) is 12.0 Å². The van der Waals surface area contributed by atoms with E-state index >= 15 is 0 Å². The van der Waals surface area contributed by atoms with Gasteiger partial charge in [0.05, 0.1) is 23.9 Å². The van der Waals surface area contributed by atoms with Gasteiger partial charge in [0, 0.05) is 5.56 Å². The van der Waals surface area contributed by atoms with E-state index in [1.165, 1.54) is 20.1 Å². The number of rotatable bonds is 3. The lowest BCUT2D eigenvalue weighted by Crippen LogP contribution is -2.29. The summed E-state index contributed by atoms with van der Waals surface area (Å²) in [5.74, 6) is -0.599. The summed E-state index contributed by atoms with van der Waals surface area (Å²) in [5.41, 5.74) is 1.52. The Bertz CT molecular complexity index is 775. The predicted octanol–water partition coefficient (Wildman–Crippen LogP) is 2.70. The van der Waals surface area contributed by atoms with Crippen molar-refractivity contribution in [3.8, 4) is 5.75 Å². The molecule has 0 radical (unpaired) electrons. The molecule has 5 nitrogen and oxygen atoms in total. The average molecular weight is 295 g/mol. The fourth-order valence-corrected chi connectivity index (χ4v) is 2.49. The molecule has 1 heterocycles. The molecule has 0 saturated carbocycles. The van der Waals surface area contributed by atoms with Crippen LogP contribution < -0.4 is 9.64 Å². The van der Waals surface area contributed by atoms with Crippen molar-refractivity contribution in [2.24, 2.45) is 0 Å². The Kier molecular flexibility index (Phi) is 3.25. The van der Waals surface area contributed by atoms with Crippen molar-refractivity contribution < 1.29 is 19.1 Å². The number of amides is 2. The quantitative estimate of drug-likeness (QED) is 0.645. The summed E-state index contributed by atoms with van der Waals surface area (Å²) in [7, 11) is 1.43. The highest BCUT2D eigenvalue weighted by molar-refractivity contribution is 6.34. The molecular weight excluding hydrogens is 282 g/mol.